The number of aromatic nitrogens is 4. The van der Waals surface area contributed by atoms with Crippen LogP contribution < -0.4 is 0 Å². The smallest absolute Gasteiger partial charge is 0.144 e. The Morgan fingerprint density at radius 3 is 1.34 bits per heavy atom. The van der Waals surface area contributed by atoms with Gasteiger partial charge in [-0.3, -0.25) is 9.13 Å². The summed E-state index contributed by atoms with van der Waals surface area (Å²) < 4.78 is 4.47. The third kappa shape index (κ3) is 6.10. The van der Waals surface area contributed by atoms with E-state index in [0.717, 1.165) is 39.6 Å². The molecule has 0 aliphatic heterocycles. The van der Waals surface area contributed by atoms with Gasteiger partial charge in [0.15, 0.2) is 0 Å². The Bertz CT molecular complexity index is 2390. The molecule has 260 valence electrons. The fraction of sp³-hybridized carbons (Fsp3) is 0.143. The Hall–Kier alpha value is -6.26. The zero-order valence-electron chi connectivity index (χ0n) is 30.8. The summed E-state index contributed by atoms with van der Waals surface area (Å²) in [5.74, 6) is 2.54. The van der Waals surface area contributed by atoms with Crippen molar-refractivity contribution >= 4 is 0 Å². The fourth-order valence-electron chi connectivity index (χ4n) is 7.96. The standard InChI is InChI=1S/C49H44N4/c1-35(2)44-27-16-28-45(36(3)4)46(44)53-32-30-51-48(53)38-18-15-24-42(34-38)49(39-19-8-5-9-20-39,40-21-10-6-11-22-40)41-23-14-17-37(33-41)47-50-29-31-52(47)43-25-12-7-13-26-43/h5-36H,1-4H3. The Morgan fingerprint density at radius 1 is 0.434 bits per heavy atom. The third-order valence-corrected chi connectivity index (χ3v) is 10.4. The molecule has 6 aromatic carbocycles. The highest BCUT2D eigenvalue weighted by atomic mass is 15.1. The molecule has 0 aliphatic carbocycles. The average molecular weight is 689 g/mol. The van der Waals surface area contributed by atoms with E-state index in [0.29, 0.717) is 11.8 Å². The number of rotatable bonds is 10. The molecule has 0 bridgehead atoms. The second-order valence-electron chi connectivity index (χ2n) is 14.3. The van der Waals surface area contributed by atoms with Crippen LogP contribution in [0.5, 0.6) is 0 Å². The number of benzene rings is 6. The van der Waals surface area contributed by atoms with Crippen molar-refractivity contribution < 1.29 is 0 Å². The summed E-state index contributed by atoms with van der Waals surface area (Å²) in [6, 6.07) is 56.8. The van der Waals surface area contributed by atoms with Gasteiger partial charge < -0.3 is 0 Å². The van der Waals surface area contributed by atoms with Crippen molar-refractivity contribution in [1.29, 1.82) is 0 Å². The molecule has 53 heavy (non-hydrogen) atoms. The minimum absolute atomic E-state index is 0.360. The Balaban J connectivity index is 1.37. The highest BCUT2D eigenvalue weighted by Gasteiger charge is 2.39. The van der Waals surface area contributed by atoms with Crippen molar-refractivity contribution in [2.45, 2.75) is 44.9 Å². The Morgan fingerprint density at radius 2 is 0.849 bits per heavy atom. The van der Waals surface area contributed by atoms with Crippen molar-refractivity contribution in [2.24, 2.45) is 0 Å². The van der Waals surface area contributed by atoms with Gasteiger partial charge in [-0.05, 0) is 69.5 Å². The monoisotopic (exact) mass is 688 g/mol. The van der Waals surface area contributed by atoms with Crippen LogP contribution in [0.3, 0.4) is 0 Å². The normalized spacial score (nSPS) is 11.7. The van der Waals surface area contributed by atoms with Crippen LogP contribution in [-0.4, -0.2) is 19.1 Å². The van der Waals surface area contributed by atoms with Gasteiger partial charge in [-0.2, -0.15) is 0 Å². The quantitative estimate of drug-likeness (QED) is 0.134. The third-order valence-electron chi connectivity index (χ3n) is 10.4. The summed E-state index contributed by atoms with van der Waals surface area (Å²) in [5.41, 5.74) is 11.1. The maximum atomic E-state index is 5.04. The molecule has 8 rings (SSSR count). The first-order valence-electron chi connectivity index (χ1n) is 18.5. The van der Waals surface area contributed by atoms with Gasteiger partial charge in [0.2, 0.25) is 0 Å². The molecule has 0 radical (unpaired) electrons. The predicted octanol–water partition coefficient (Wildman–Crippen LogP) is 12.0. The molecule has 8 aromatic rings. The predicted molar refractivity (Wildman–Crippen MR) is 218 cm³/mol. The maximum absolute atomic E-state index is 5.04. The van der Waals surface area contributed by atoms with Crippen molar-refractivity contribution in [2.75, 3.05) is 0 Å². The molecule has 0 atom stereocenters. The second kappa shape index (κ2) is 14.4. The van der Waals surface area contributed by atoms with Crippen LogP contribution in [0.15, 0.2) is 183 Å². The van der Waals surface area contributed by atoms with Crippen LogP contribution in [0.25, 0.3) is 34.2 Å². The van der Waals surface area contributed by atoms with Gasteiger partial charge >= 0.3 is 0 Å². The fourth-order valence-corrected chi connectivity index (χ4v) is 7.96. The highest BCUT2D eigenvalue weighted by Crippen LogP contribution is 2.47. The van der Waals surface area contributed by atoms with E-state index in [1.54, 1.807) is 0 Å². The van der Waals surface area contributed by atoms with E-state index in [-0.39, 0.29) is 0 Å². The molecule has 0 amide bonds. The van der Waals surface area contributed by atoms with Gasteiger partial charge in [0.05, 0.1) is 11.1 Å². The lowest BCUT2D eigenvalue weighted by Gasteiger charge is -2.37. The first-order chi connectivity index (χ1) is 26.0. The lowest BCUT2D eigenvalue weighted by Crippen LogP contribution is -2.31. The number of hydrogen-bond donors (Lipinski definition) is 0. The van der Waals surface area contributed by atoms with Gasteiger partial charge in [-0.15, -0.1) is 0 Å². The molecule has 0 N–H and O–H groups in total. The number of nitrogens with zero attached hydrogens (tertiary/aromatic N) is 4. The summed E-state index contributed by atoms with van der Waals surface area (Å²) in [4.78, 5) is 9.92. The second-order valence-corrected chi connectivity index (χ2v) is 14.3. The SMILES string of the molecule is CC(C)c1cccc(C(C)C)c1-n1ccnc1-c1cccc(C(c2ccccc2)(c2ccccc2)c2cccc(-c3nccn3-c3ccccc3)c2)c1. The molecular formula is C49H44N4. The highest BCUT2D eigenvalue weighted by molar-refractivity contribution is 5.69. The zero-order valence-corrected chi connectivity index (χ0v) is 30.8. The van der Waals surface area contributed by atoms with E-state index in [4.69, 9.17) is 9.97 Å². The zero-order chi connectivity index (χ0) is 36.4. The van der Waals surface area contributed by atoms with Gasteiger partial charge in [0.25, 0.3) is 0 Å². The minimum Gasteiger partial charge on any atom is -0.300 e. The van der Waals surface area contributed by atoms with Crippen LogP contribution in [0.1, 0.15) is 72.9 Å². The summed E-state index contributed by atoms with van der Waals surface area (Å²) in [7, 11) is 0. The van der Waals surface area contributed by atoms with E-state index < -0.39 is 5.41 Å². The van der Waals surface area contributed by atoms with Crippen LogP contribution in [-0.2, 0) is 5.41 Å². The summed E-state index contributed by atoms with van der Waals surface area (Å²) in [6.07, 6.45) is 7.97. The van der Waals surface area contributed by atoms with E-state index in [2.05, 4.69) is 195 Å². The molecular weight excluding hydrogens is 645 g/mol. The minimum atomic E-state index is -0.658. The summed E-state index contributed by atoms with van der Waals surface area (Å²) in [6.45, 7) is 9.09. The van der Waals surface area contributed by atoms with Gasteiger partial charge in [0, 0.05) is 41.6 Å². The van der Waals surface area contributed by atoms with E-state index >= 15 is 0 Å². The first kappa shape index (κ1) is 33.9. The lowest BCUT2D eigenvalue weighted by atomic mass is 9.64. The van der Waals surface area contributed by atoms with Crippen molar-refractivity contribution in [3.63, 3.8) is 0 Å². The number of imidazole rings is 2. The Labute approximate surface area is 313 Å². The van der Waals surface area contributed by atoms with Crippen molar-refractivity contribution in [3.05, 3.63) is 216 Å². The van der Waals surface area contributed by atoms with Gasteiger partial charge in [0.1, 0.15) is 11.6 Å². The molecule has 0 unspecified atom stereocenters. The van der Waals surface area contributed by atoms with E-state index in [1.165, 1.54) is 27.9 Å². The molecule has 0 saturated carbocycles. The van der Waals surface area contributed by atoms with E-state index in [9.17, 15) is 0 Å². The maximum Gasteiger partial charge on any atom is 0.144 e. The summed E-state index contributed by atoms with van der Waals surface area (Å²) >= 11 is 0. The number of hydrogen-bond acceptors (Lipinski definition) is 2. The van der Waals surface area contributed by atoms with Gasteiger partial charge in [-0.25, -0.2) is 9.97 Å². The van der Waals surface area contributed by atoms with Crippen molar-refractivity contribution in [1.82, 2.24) is 19.1 Å². The van der Waals surface area contributed by atoms with Crippen LogP contribution in [0.4, 0.5) is 0 Å². The first-order valence-corrected chi connectivity index (χ1v) is 18.5. The summed E-state index contributed by atoms with van der Waals surface area (Å²) in [5, 5.41) is 0. The van der Waals surface area contributed by atoms with Crippen molar-refractivity contribution in [3.8, 4) is 34.2 Å². The van der Waals surface area contributed by atoms with Crippen LogP contribution in [0.2, 0.25) is 0 Å². The molecule has 4 heteroatoms. The lowest BCUT2D eigenvalue weighted by molar-refractivity contribution is 0.745. The molecule has 0 saturated heterocycles. The van der Waals surface area contributed by atoms with Crippen LogP contribution >= 0.6 is 0 Å². The molecule has 0 aliphatic rings. The van der Waals surface area contributed by atoms with E-state index in [1.807, 2.05) is 24.7 Å². The Kier molecular flexibility index (Phi) is 9.20. The molecule has 2 aromatic heterocycles. The molecule has 2 heterocycles. The molecule has 4 nitrogen and oxygen atoms in total. The largest absolute Gasteiger partial charge is 0.300 e. The van der Waals surface area contributed by atoms with Crippen LogP contribution in [0, 0.1) is 0 Å². The number of para-hydroxylation sites is 2. The average Bonchev–Trinajstić information content (AvgIpc) is 3.91. The molecule has 0 fully saturated rings. The van der Waals surface area contributed by atoms with Gasteiger partial charge in [-0.1, -0.05) is 161 Å². The topological polar surface area (TPSA) is 35.6 Å². The molecule has 0 spiro atoms.